The van der Waals surface area contributed by atoms with Crippen molar-refractivity contribution in [3.63, 3.8) is 0 Å². The molecule has 0 bridgehead atoms. The minimum atomic E-state index is -0.742. The van der Waals surface area contributed by atoms with Crippen LogP contribution in [0.25, 0.3) is 11.1 Å². The summed E-state index contributed by atoms with van der Waals surface area (Å²) in [6.45, 7) is 3.99. The summed E-state index contributed by atoms with van der Waals surface area (Å²) in [7, 11) is 0. The van der Waals surface area contributed by atoms with Crippen molar-refractivity contribution in [2.75, 3.05) is 6.61 Å². The van der Waals surface area contributed by atoms with Crippen LogP contribution in [0.1, 0.15) is 19.4 Å². The monoisotopic (exact) mass is 355 g/mol. The van der Waals surface area contributed by atoms with Crippen LogP contribution in [0.5, 0.6) is 0 Å². The number of rotatable bonds is 5. The van der Waals surface area contributed by atoms with Gasteiger partial charge < -0.3 is 11.5 Å². The number of benzene rings is 2. The van der Waals surface area contributed by atoms with Gasteiger partial charge in [-0.3, -0.25) is 4.84 Å². The van der Waals surface area contributed by atoms with Gasteiger partial charge in [0, 0.05) is 5.56 Å². The first kappa shape index (κ1) is 17.9. The molecule has 7 heteroatoms. The molecule has 0 spiro atoms. The lowest BCUT2D eigenvalue weighted by molar-refractivity contribution is -0.156. The predicted molar refractivity (Wildman–Crippen MR) is 101 cm³/mol. The molecular formula is C19H22FN5O. The highest BCUT2D eigenvalue weighted by molar-refractivity contribution is 5.95. The molecule has 136 valence electrons. The van der Waals surface area contributed by atoms with Gasteiger partial charge in [-0.05, 0) is 43.5 Å². The Morgan fingerprint density at radius 1 is 1.12 bits per heavy atom. The molecule has 1 aliphatic rings. The molecule has 3 rings (SSSR count). The fourth-order valence-corrected chi connectivity index (χ4v) is 2.84. The van der Waals surface area contributed by atoms with E-state index >= 15 is 0 Å². The predicted octanol–water partition coefficient (Wildman–Crippen LogP) is 2.65. The van der Waals surface area contributed by atoms with E-state index in [1.165, 1.54) is 11.1 Å². The van der Waals surface area contributed by atoms with Crippen LogP contribution >= 0.6 is 0 Å². The molecule has 6 nitrogen and oxygen atoms in total. The van der Waals surface area contributed by atoms with Crippen LogP contribution < -0.4 is 11.5 Å². The second kappa shape index (κ2) is 7.13. The smallest absolute Gasteiger partial charge is 0.226 e. The number of nitrogens with zero attached hydrogens (tertiary/aromatic N) is 3. The largest absolute Gasteiger partial charge is 0.368 e. The van der Waals surface area contributed by atoms with Gasteiger partial charge in [0.15, 0.2) is 5.66 Å². The quantitative estimate of drug-likeness (QED) is 0.863. The maximum Gasteiger partial charge on any atom is 0.226 e. The fourth-order valence-electron chi connectivity index (χ4n) is 2.84. The molecule has 0 fully saturated rings. The van der Waals surface area contributed by atoms with E-state index in [2.05, 4.69) is 9.98 Å². The van der Waals surface area contributed by atoms with Crippen molar-refractivity contribution in [3.8, 4) is 11.1 Å². The molecule has 0 unspecified atom stereocenters. The zero-order chi connectivity index (χ0) is 18.7. The van der Waals surface area contributed by atoms with Crippen LogP contribution in [0, 0.1) is 5.82 Å². The second-order valence-electron chi connectivity index (χ2n) is 6.49. The highest BCUT2D eigenvalue weighted by Gasteiger charge is 2.32. The molecule has 0 atom stereocenters. The maximum absolute atomic E-state index is 14.2. The number of hydrogen-bond donors (Lipinski definition) is 2. The number of hydroxylamine groups is 2. The van der Waals surface area contributed by atoms with Gasteiger partial charge in [0.25, 0.3) is 0 Å². The minimum Gasteiger partial charge on any atom is -0.368 e. The van der Waals surface area contributed by atoms with Gasteiger partial charge in [-0.1, -0.05) is 36.4 Å². The van der Waals surface area contributed by atoms with Crippen LogP contribution in [-0.2, 0) is 11.3 Å². The molecule has 0 saturated carbocycles. The van der Waals surface area contributed by atoms with E-state index in [1.54, 1.807) is 6.07 Å². The molecule has 2 aromatic rings. The van der Waals surface area contributed by atoms with Crippen molar-refractivity contribution in [1.82, 2.24) is 5.06 Å². The van der Waals surface area contributed by atoms with Crippen LogP contribution in [-0.4, -0.2) is 29.3 Å². The summed E-state index contributed by atoms with van der Waals surface area (Å²) in [5, 5.41) is 1.44. The first-order valence-electron chi connectivity index (χ1n) is 8.33. The lowest BCUT2D eigenvalue weighted by Crippen LogP contribution is -2.53. The Morgan fingerprint density at radius 3 is 2.54 bits per heavy atom. The standard InChI is InChI=1S/C19H22FN5O/c1-19(2)24-17(21)23-18(22)25(19)26-11-10-13-8-9-16(20)15(12-13)14-6-4-3-5-7-14/h3-9,12H,10-11H2,1-2H3,(H4,21,22,23,24). The SMILES string of the molecule is CC1(C)N=C(N)N=C(N)N1OCCc1ccc(F)c(-c2ccccc2)c1. The molecule has 0 aromatic heterocycles. The lowest BCUT2D eigenvalue weighted by atomic mass is 10.0. The first-order chi connectivity index (χ1) is 12.4. The topological polar surface area (TPSA) is 89.2 Å². The summed E-state index contributed by atoms with van der Waals surface area (Å²) in [5.41, 5.74) is 13.1. The molecule has 1 heterocycles. The number of nitrogens with two attached hydrogens (primary N) is 2. The number of guanidine groups is 2. The van der Waals surface area contributed by atoms with E-state index in [4.69, 9.17) is 16.3 Å². The zero-order valence-electron chi connectivity index (χ0n) is 14.8. The van der Waals surface area contributed by atoms with Crippen molar-refractivity contribution in [2.45, 2.75) is 25.9 Å². The second-order valence-corrected chi connectivity index (χ2v) is 6.49. The molecule has 1 aliphatic heterocycles. The summed E-state index contributed by atoms with van der Waals surface area (Å²) in [4.78, 5) is 13.9. The Kier molecular flexibility index (Phi) is 4.90. The summed E-state index contributed by atoms with van der Waals surface area (Å²) in [5.74, 6) is 0.0317. The molecule has 0 aliphatic carbocycles. The third-order valence-electron chi connectivity index (χ3n) is 4.05. The Hall–Kier alpha value is -2.93. The van der Waals surface area contributed by atoms with Crippen LogP contribution in [0.15, 0.2) is 58.5 Å². The molecule has 2 aromatic carbocycles. The molecule has 4 N–H and O–H groups in total. The summed E-state index contributed by atoms with van der Waals surface area (Å²) in [6, 6.07) is 14.5. The highest BCUT2D eigenvalue weighted by Crippen LogP contribution is 2.24. The lowest BCUT2D eigenvalue weighted by Gasteiger charge is -2.36. The molecule has 0 amide bonds. The van der Waals surface area contributed by atoms with Crippen LogP contribution in [0.3, 0.4) is 0 Å². The fraction of sp³-hybridized carbons (Fsp3) is 0.263. The van der Waals surface area contributed by atoms with Crippen molar-refractivity contribution in [2.24, 2.45) is 21.5 Å². The molecule has 0 saturated heterocycles. The number of hydrogen-bond acceptors (Lipinski definition) is 6. The van der Waals surface area contributed by atoms with Gasteiger partial charge in [-0.15, -0.1) is 0 Å². The zero-order valence-corrected chi connectivity index (χ0v) is 14.8. The van der Waals surface area contributed by atoms with Crippen molar-refractivity contribution < 1.29 is 9.23 Å². The van der Waals surface area contributed by atoms with Crippen LogP contribution in [0.4, 0.5) is 4.39 Å². The van der Waals surface area contributed by atoms with E-state index in [-0.39, 0.29) is 17.7 Å². The number of halogens is 1. The van der Waals surface area contributed by atoms with Crippen LogP contribution in [0.2, 0.25) is 0 Å². The Bertz CT molecular complexity index is 848. The molecule has 26 heavy (non-hydrogen) atoms. The summed E-state index contributed by atoms with van der Waals surface area (Å²) in [6.07, 6.45) is 0.583. The Balaban J connectivity index is 1.69. The molecule has 0 radical (unpaired) electrons. The maximum atomic E-state index is 14.2. The van der Waals surface area contributed by atoms with Gasteiger partial charge in [-0.25, -0.2) is 9.38 Å². The average molecular weight is 355 g/mol. The van der Waals surface area contributed by atoms with Gasteiger partial charge >= 0.3 is 0 Å². The van der Waals surface area contributed by atoms with E-state index in [9.17, 15) is 4.39 Å². The average Bonchev–Trinajstić information content (AvgIpc) is 2.58. The van der Waals surface area contributed by atoms with Gasteiger partial charge in [0.1, 0.15) is 5.82 Å². The highest BCUT2D eigenvalue weighted by atomic mass is 19.1. The van der Waals surface area contributed by atoms with Crippen molar-refractivity contribution in [3.05, 3.63) is 59.9 Å². The van der Waals surface area contributed by atoms with E-state index in [1.807, 2.05) is 50.2 Å². The summed E-state index contributed by atoms with van der Waals surface area (Å²) < 4.78 is 14.2. The van der Waals surface area contributed by atoms with Gasteiger partial charge in [-0.2, -0.15) is 10.1 Å². The minimum absolute atomic E-state index is 0.124. The van der Waals surface area contributed by atoms with E-state index in [0.29, 0.717) is 18.6 Å². The van der Waals surface area contributed by atoms with Crippen molar-refractivity contribution >= 4 is 11.9 Å². The third-order valence-corrected chi connectivity index (χ3v) is 4.05. The van der Waals surface area contributed by atoms with E-state index in [0.717, 1.165) is 11.1 Å². The summed E-state index contributed by atoms with van der Waals surface area (Å²) >= 11 is 0. The number of aliphatic imine (C=N–C) groups is 2. The molecular weight excluding hydrogens is 333 g/mol. The first-order valence-corrected chi connectivity index (χ1v) is 8.33. The van der Waals surface area contributed by atoms with Gasteiger partial charge in [0.2, 0.25) is 11.9 Å². The van der Waals surface area contributed by atoms with Crippen molar-refractivity contribution in [1.29, 1.82) is 0 Å². The normalized spacial score (nSPS) is 16.2. The Morgan fingerprint density at radius 2 is 1.85 bits per heavy atom. The van der Waals surface area contributed by atoms with E-state index < -0.39 is 5.66 Å². The third kappa shape index (κ3) is 3.83. The van der Waals surface area contributed by atoms with Gasteiger partial charge in [0.05, 0.1) is 6.61 Å². The Labute approximate surface area is 152 Å².